The Kier molecular flexibility index (Phi) is 5.00. The first-order valence-corrected chi connectivity index (χ1v) is 7.58. The minimum atomic E-state index is -1.35. The lowest BCUT2D eigenvalue weighted by atomic mass is 9.86. The smallest absolute Gasteiger partial charge is 0.248 e. The van der Waals surface area contributed by atoms with E-state index in [1.165, 1.54) is 0 Å². The second-order valence-electron chi connectivity index (χ2n) is 5.68. The van der Waals surface area contributed by atoms with Gasteiger partial charge in [-0.15, -0.1) is 0 Å². The van der Waals surface area contributed by atoms with Crippen molar-refractivity contribution in [3.8, 4) is 0 Å². The molecule has 0 amide bonds. The van der Waals surface area contributed by atoms with Gasteiger partial charge in [-0.3, -0.25) is 0 Å². The van der Waals surface area contributed by atoms with Crippen molar-refractivity contribution in [1.82, 2.24) is 0 Å². The van der Waals surface area contributed by atoms with Gasteiger partial charge in [0, 0.05) is 11.1 Å². The molecule has 132 valence electrons. The van der Waals surface area contributed by atoms with Crippen LogP contribution in [0.3, 0.4) is 0 Å². The summed E-state index contributed by atoms with van der Waals surface area (Å²) in [5, 5.41) is 36.9. The maximum atomic E-state index is 9.51. The highest BCUT2D eigenvalue weighted by atomic mass is 17.3. The lowest BCUT2D eigenvalue weighted by Gasteiger charge is -2.47. The highest BCUT2D eigenvalue weighted by Gasteiger charge is 2.54. The lowest BCUT2D eigenvalue weighted by molar-refractivity contribution is -0.517. The molecular formula is C16H20O8. The van der Waals surface area contributed by atoms with Crippen molar-refractivity contribution >= 4 is 0 Å². The van der Waals surface area contributed by atoms with E-state index in [2.05, 4.69) is 0 Å². The second kappa shape index (κ2) is 6.87. The third-order valence-electron chi connectivity index (χ3n) is 3.89. The first-order chi connectivity index (χ1) is 11.6. The maximum absolute atomic E-state index is 9.51. The Morgan fingerprint density at radius 2 is 1.25 bits per heavy atom. The Morgan fingerprint density at radius 1 is 0.833 bits per heavy atom. The Morgan fingerprint density at radius 3 is 1.58 bits per heavy atom. The topological polar surface area (TPSA) is 118 Å². The highest BCUT2D eigenvalue weighted by Crippen LogP contribution is 2.50. The van der Waals surface area contributed by atoms with Gasteiger partial charge in [-0.05, 0) is 12.2 Å². The molecule has 4 unspecified atom stereocenters. The van der Waals surface area contributed by atoms with Gasteiger partial charge in [0.05, 0.1) is 26.4 Å². The quantitative estimate of drug-likeness (QED) is 0.361. The Bertz CT molecular complexity index is 554. The van der Waals surface area contributed by atoms with Crippen LogP contribution in [-0.2, 0) is 30.8 Å². The van der Waals surface area contributed by atoms with Crippen LogP contribution in [0.5, 0.6) is 0 Å². The van der Waals surface area contributed by atoms with Crippen LogP contribution in [0, 0.1) is 0 Å². The average molecular weight is 340 g/mol. The first kappa shape index (κ1) is 17.5. The van der Waals surface area contributed by atoms with Crippen molar-refractivity contribution in [2.24, 2.45) is 0 Å². The van der Waals surface area contributed by atoms with E-state index >= 15 is 0 Å². The van der Waals surface area contributed by atoms with E-state index in [-0.39, 0.29) is 13.2 Å². The summed E-state index contributed by atoms with van der Waals surface area (Å²) in [6.07, 6.45) is 1.09. The van der Waals surface area contributed by atoms with Gasteiger partial charge in [0.15, 0.2) is 0 Å². The summed E-state index contributed by atoms with van der Waals surface area (Å²) in [6, 6.07) is 7.13. The summed E-state index contributed by atoms with van der Waals surface area (Å²) < 4.78 is 11.3. The van der Waals surface area contributed by atoms with Gasteiger partial charge in [0.1, 0.15) is 12.2 Å². The Balaban J connectivity index is 1.88. The third-order valence-corrected chi connectivity index (χ3v) is 3.89. The molecule has 4 rings (SSSR count). The van der Waals surface area contributed by atoms with Gasteiger partial charge >= 0.3 is 0 Å². The largest absolute Gasteiger partial charge is 0.394 e. The summed E-state index contributed by atoms with van der Waals surface area (Å²) in [4.78, 5) is 10.8. The number of fused-ring (bicyclic) bond motifs is 1. The van der Waals surface area contributed by atoms with Crippen molar-refractivity contribution in [2.75, 3.05) is 26.4 Å². The van der Waals surface area contributed by atoms with Crippen molar-refractivity contribution in [3.05, 3.63) is 47.5 Å². The molecule has 0 saturated heterocycles. The fourth-order valence-electron chi connectivity index (χ4n) is 2.60. The van der Waals surface area contributed by atoms with E-state index in [1.54, 1.807) is 36.4 Å². The van der Waals surface area contributed by atoms with Crippen LogP contribution in [0.1, 0.15) is 11.1 Å². The average Bonchev–Trinajstić information content (AvgIpc) is 2.65. The number of rotatable bonds is 8. The third kappa shape index (κ3) is 2.99. The standard InChI is InChI=1S/C16H20O8/c17-7-11(19)9-21-15-5-6-16(24-23-15,22-10-12(20)8-18)14-4-2-1-3-13(14)15/h1-6,11-12,17-20H,7-10H2. The molecule has 0 saturated carbocycles. The molecule has 2 heterocycles. The van der Waals surface area contributed by atoms with Crippen molar-refractivity contribution in [2.45, 2.75) is 23.8 Å². The molecule has 8 nitrogen and oxygen atoms in total. The van der Waals surface area contributed by atoms with Crippen molar-refractivity contribution in [1.29, 1.82) is 0 Å². The van der Waals surface area contributed by atoms with E-state index in [0.717, 1.165) is 0 Å². The van der Waals surface area contributed by atoms with Gasteiger partial charge in [-0.25, -0.2) is 0 Å². The van der Waals surface area contributed by atoms with Crippen molar-refractivity contribution < 1.29 is 39.7 Å². The van der Waals surface area contributed by atoms with E-state index in [1.807, 2.05) is 0 Å². The number of ether oxygens (including phenoxy) is 2. The summed E-state index contributed by atoms with van der Waals surface area (Å²) in [5.41, 5.74) is 1.25. The Hall–Kier alpha value is -1.36. The molecular weight excluding hydrogens is 320 g/mol. The fraction of sp³-hybridized carbons (Fsp3) is 0.500. The zero-order valence-electron chi connectivity index (χ0n) is 12.9. The fourth-order valence-corrected chi connectivity index (χ4v) is 2.60. The van der Waals surface area contributed by atoms with E-state index < -0.39 is 37.0 Å². The molecule has 1 aliphatic carbocycles. The molecule has 0 spiro atoms. The zero-order chi connectivity index (χ0) is 17.2. The maximum Gasteiger partial charge on any atom is 0.248 e. The molecule has 1 aromatic carbocycles. The van der Waals surface area contributed by atoms with Gasteiger partial charge in [-0.2, -0.15) is 9.78 Å². The number of hydrogen-bond donors (Lipinski definition) is 4. The van der Waals surface area contributed by atoms with Crippen LogP contribution in [0.15, 0.2) is 36.4 Å². The normalized spacial score (nSPS) is 30.2. The number of benzene rings is 1. The molecule has 2 bridgehead atoms. The van der Waals surface area contributed by atoms with Crippen LogP contribution in [0.25, 0.3) is 0 Å². The van der Waals surface area contributed by atoms with Crippen molar-refractivity contribution in [3.63, 3.8) is 0 Å². The lowest BCUT2D eigenvalue weighted by Crippen LogP contribution is -2.51. The SMILES string of the molecule is OCC(O)COC12C=CC(OCC(O)CO)(OO1)c1ccccc12. The van der Waals surface area contributed by atoms with Gasteiger partial charge in [-0.1, -0.05) is 24.3 Å². The molecule has 2 aliphatic heterocycles. The zero-order valence-corrected chi connectivity index (χ0v) is 12.9. The summed E-state index contributed by atoms with van der Waals surface area (Å²) in [7, 11) is 0. The summed E-state index contributed by atoms with van der Waals surface area (Å²) in [6.45, 7) is -1.19. The number of aliphatic hydroxyl groups is 4. The molecule has 0 radical (unpaired) electrons. The van der Waals surface area contributed by atoms with E-state index in [9.17, 15) is 10.2 Å². The number of hydrogen-bond acceptors (Lipinski definition) is 8. The molecule has 0 fully saturated rings. The van der Waals surface area contributed by atoms with Crippen LogP contribution in [0.4, 0.5) is 0 Å². The van der Waals surface area contributed by atoms with E-state index in [0.29, 0.717) is 11.1 Å². The minimum Gasteiger partial charge on any atom is -0.394 e. The monoisotopic (exact) mass is 340 g/mol. The molecule has 1 aromatic rings. The predicted octanol–water partition coefficient (Wildman–Crippen LogP) is -0.737. The molecule has 3 aliphatic rings. The van der Waals surface area contributed by atoms with Crippen LogP contribution in [-0.4, -0.2) is 59.1 Å². The Labute approximate surface area is 138 Å². The molecule has 0 aromatic heterocycles. The molecule has 8 heteroatoms. The van der Waals surface area contributed by atoms with Crippen LogP contribution < -0.4 is 0 Å². The molecule has 24 heavy (non-hydrogen) atoms. The highest BCUT2D eigenvalue weighted by molar-refractivity contribution is 5.44. The molecule has 4 N–H and O–H groups in total. The van der Waals surface area contributed by atoms with Gasteiger partial charge in [0.25, 0.3) is 0 Å². The predicted molar refractivity (Wildman–Crippen MR) is 79.2 cm³/mol. The van der Waals surface area contributed by atoms with Gasteiger partial charge < -0.3 is 29.9 Å². The molecule has 4 atom stereocenters. The van der Waals surface area contributed by atoms with Gasteiger partial charge in [0.2, 0.25) is 11.6 Å². The summed E-state index contributed by atoms with van der Waals surface area (Å²) >= 11 is 0. The van der Waals surface area contributed by atoms with E-state index in [4.69, 9.17) is 29.5 Å². The second-order valence-corrected chi connectivity index (χ2v) is 5.68. The minimum absolute atomic E-state index is 0.157. The summed E-state index contributed by atoms with van der Waals surface area (Å²) in [5.74, 6) is -2.71. The number of aliphatic hydroxyl groups excluding tert-OH is 4. The van der Waals surface area contributed by atoms with Crippen LogP contribution >= 0.6 is 0 Å². The van der Waals surface area contributed by atoms with Crippen LogP contribution in [0.2, 0.25) is 0 Å². The first-order valence-electron chi connectivity index (χ1n) is 7.58.